The van der Waals surface area contributed by atoms with Crippen molar-refractivity contribution < 1.29 is 0 Å². The fourth-order valence-corrected chi connectivity index (χ4v) is 3.32. The molecule has 2 nitrogen and oxygen atoms in total. The number of rotatable bonds is 3. The molecule has 0 atom stereocenters. The Hall–Kier alpha value is -1.97. The maximum atomic E-state index is 5.71. The van der Waals surface area contributed by atoms with Gasteiger partial charge in [0, 0.05) is 23.1 Å². The van der Waals surface area contributed by atoms with Gasteiger partial charge in [-0.25, -0.2) is 4.98 Å². The van der Waals surface area contributed by atoms with Gasteiger partial charge in [-0.05, 0) is 37.6 Å². The predicted molar refractivity (Wildman–Crippen MR) is 90.4 cm³/mol. The van der Waals surface area contributed by atoms with E-state index in [0.29, 0.717) is 6.54 Å². The minimum atomic E-state index is 0.559. The minimum Gasteiger partial charge on any atom is -0.326 e. The van der Waals surface area contributed by atoms with E-state index in [4.69, 9.17) is 10.7 Å². The third-order valence-electron chi connectivity index (χ3n) is 3.43. The monoisotopic (exact) mass is 294 g/mol. The molecule has 0 spiro atoms. The van der Waals surface area contributed by atoms with Gasteiger partial charge in [-0.15, -0.1) is 11.3 Å². The molecule has 3 rings (SSSR count). The Balaban J connectivity index is 1.99. The number of hydrogen-bond donors (Lipinski definition) is 1. The molecule has 0 fully saturated rings. The average Bonchev–Trinajstić information content (AvgIpc) is 2.96. The summed E-state index contributed by atoms with van der Waals surface area (Å²) in [6, 6.07) is 14.8. The molecule has 0 aliphatic carbocycles. The van der Waals surface area contributed by atoms with E-state index in [2.05, 4.69) is 49.6 Å². The van der Waals surface area contributed by atoms with Gasteiger partial charge >= 0.3 is 0 Å². The van der Waals surface area contributed by atoms with Gasteiger partial charge in [-0.1, -0.05) is 35.4 Å². The number of benzene rings is 2. The minimum absolute atomic E-state index is 0.559. The standard InChI is InChI=1S/C18H18N2S/c1-12-6-13(2)8-16(7-12)17-11-21-18(20-17)15-5-3-4-14(9-15)10-19/h3-9,11H,10,19H2,1-2H3. The van der Waals surface area contributed by atoms with E-state index in [1.54, 1.807) is 11.3 Å². The molecular weight excluding hydrogens is 276 g/mol. The molecule has 0 unspecified atom stereocenters. The van der Waals surface area contributed by atoms with Gasteiger partial charge in [0.1, 0.15) is 5.01 Å². The second-order valence-corrected chi connectivity index (χ2v) is 6.18. The summed E-state index contributed by atoms with van der Waals surface area (Å²) < 4.78 is 0. The number of nitrogens with zero attached hydrogens (tertiary/aromatic N) is 1. The van der Waals surface area contributed by atoms with Gasteiger partial charge < -0.3 is 5.73 Å². The van der Waals surface area contributed by atoms with Crippen LogP contribution < -0.4 is 5.73 Å². The maximum absolute atomic E-state index is 5.71. The summed E-state index contributed by atoms with van der Waals surface area (Å²) in [5, 5.41) is 3.16. The van der Waals surface area contributed by atoms with Crippen LogP contribution in [0.4, 0.5) is 0 Å². The smallest absolute Gasteiger partial charge is 0.124 e. The van der Waals surface area contributed by atoms with E-state index in [9.17, 15) is 0 Å². The lowest BCUT2D eigenvalue weighted by Gasteiger charge is -2.02. The zero-order valence-corrected chi connectivity index (χ0v) is 13.1. The van der Waals surface area contributed by atoms with Crippen LogP contribution in [0.5, 0.6) is 0 Å². The van der Waals surface area contributed by atoms with Gasteiger partial charge in [0.15, 0.2) is 0 Å². The maximum Gasteiger partial charge on any atom is 0.124 e. The first-order valence-electron chi connectivity index (χ1n) is 6.99. The van der Waals surface area contributed by atoms with Crippen molar-refractivity contribution >= 4 is 11.3 Å². The highest BCUT2D eigenvalue weighted by Gasteiger charge is 2.08. The van der Waals surface area contributed by atoms with Crippen LogP contribution in [0.3, 0.4) is 0 Å². The van der Waals surface area contributed by atoms with Crippen LogP contribution in [0.1, 0.15) is 16.7 Å². The SMILES string of the molecule is Cc1cc(C)cc(-c2csc(-c3cccc(CN)c3)n2)c1. The number of aromatic nitrogens is 1. The molecule has 1 aromatic heterocycles. The van der Waals surface area contributed by atoms with Crippen molar-refractivity contribution in [2.45, 2.75) is 20.4 Å². The molecule has 0 radical (unpaired) electrons. The molecule has 0 aliphatic heterocycles. The molecule has 0 amide bonds. The highest BCUT2D eigenvalue weighted by molar-refractivity contribution is 7.13. The Morgan fingerprint density at radius 2 is 1.76 bits per heavy atom. The fraction of sp³-hybridized carbons (Fsp3) is 0.167. The van der Waals surface area contributed by atoms with Gasteiger partial charge in [-0.2, -0.15) is 0 Å². The normalized spacial score (nSPS) is 10.8. The van der Waals surface area contributed by atoms with E-state index >= 15 is 0 Å². The molecule has 1 heterocycles. The zero-order chi connectivity index (χ0) is 14.8. The van der Waals surface area contributed by atoms with Gasteiger partial charge in [0.25, 0.3) is 0 Å². The van der Waals surface area contributed by atoms with Crippen molar-refractivity contribution in [1.29, 1.82) is 0 Å². The third kappa shape index (κ3) is 3.04. The summed E-state index contributed by atoms with van der Waals surface area (Å²) in [4.78, 5) is 4.79. The number of thiazole rings is 1. The molecule has 2 N–H and O–H groups in total. The highest BCUT2D eigenvalue weighted by Crippen LogP contribution is 2.30. The molecule has 21 heavy (non-hydrogen) atoms. The van der Waals surface area contributed by atoms with Crippen LogP contribution in [0.15, 0.2) is 47.8 Å². The molecule has 0 aliphatic rings. The number of nitrogens with two attached hydrogens (primary N) is 1. The summed E-state index contributed by atoms with van der Waals surface area (Å²) in [6.07, 6.45) is 0. The summed E-state index contributed by atoms with van der Waals surface area (Å²) in [7, 11) is 0. The van der Waals surface area contributed by atoms with Crippen LogP contribution in [-0.2, 0) is 6.54 Å². The largest absolute Gasteiger partial charge is 0.326 e. The second-order valence-electron chi connectivity index (χ2n) is 5.32. The van der Waals surface area contributed by atoms with E-state index in [1.807, 2.05) is 12.1 Å². The molecular formula is C18H18N2S. The van der Waals surface area contributed by atoms with E-state index in [1.165, 1.54) is 16.7 Å². The summed E-state index contributed by atoms with van der Waals surface area (Å²) >= 11 is 1.68. The molecule has 3 heteroatoms. The first-order valence-corrected chi connectivity index (χ1v) is 7.87. The fourth-order valence-electron chi connectivity index (χ4n) is 2.49. The van der Waals surface area contributed by atoms with Gasteiger partial charge in [-0.3, -0.25) is 0 Å². The quantitative estimate of drug-likeness (QED) is 0.769. The average molecular weight is 294 g/mol. The highest BCUT2D eigenvalue weighted by atomic mass is 32.1. The molecule has 0 saturated heterocycles. The van der Waals surface area contributed by atoms with Crippen LogP contribution in [0.25, 0.3) is 21.8 Å². The van der Waals surface area contributed by atoms with E-state index < -0.39 is 0 Å². The summed E-state index contributed by atoms with van der Waals surface area (Å²) in [5.41, 5.74) is 12.7. The lowest BCUT2D eigenvalue weighted by Crippen LogP contribution is -1.95. The molecule has 0 saturated carbocycles. The van der Waals surface area contributed by atoms with E-state index in [-0.39, 0.29) is 0 Å². The summed E-state index contributed by atoms with van der Waals surface area (Å²) in [5.74, 6) is 0. The Morgan fingerprint density at radius 3 is 2.48 bits per heavy atom. The van der Waals surface area contributed by atoms with Crippen molar-refractivity contribution in [1.82, 2.24) is 4.98 Å². The summed E-state index contributed by atoms with van der Waals surface area (Å²) in [6.45, 7) is 4.80. The van der Waals surface area contributed by atoms with Crippen LogP contribution in [-0.4, -0.2) is 4.98 Å². The van der Waals surface area contributed by atoms with E-state index in [0.717, 1.165) is 21.8 Å². The van der Waals surface area contributed by atoms with Crippen molar-refractivity contribution in [3.63, 3.8) is 0 Å². The van der Waals surface area contributed by atoms with Gasteiger partial charge in [0.2, 0.25) is 0 Å². The third-order valence-corrected chi connectivity index (χ3v) is 4.32. The van der Waals surface area contributed by atoms with Crippen molar-refractivity contribution in [2.24, 2.45) is 5.73 Å². The molecule has 106 valence electrons. The Labute approximate surface area is 129 Å². The first kappa shape index (κ1) is 14.0. The Kier molecular flexibility index (Phi) is 3.86. The van der Waals surface area contributed by atoms with Crippen LogP contribution in [0.2, 0.25) is 0 Å². The van der Waals surface area contributed by atoms with Crippen molar-refractivity contribution in [3.05, 3.63) is 64.5 Å². The molecule has 2 aromatic carbocycles. The lowest BCUT2D eigenvalue weighted by molar-refractivity contribution is 1.07. The van der Waals surface area contributed by atoms with Crippen molar-refractivity contribution in [2.75, 3.05) is 0 Å². The Morgan fingerprint density at radius 1 is 1.00 bits per heavy atom. The zero-order valence-electron chi connectivity index (χ0n) is 12.3. The van der Waals surface area contributed by atoms with Crippen LogP contribution in [0, 0.1) is 13.8 Å². The second kappa shape index (κ2) is 5.80. The number of hydrogen-bond acceptors (Lipinski definition) is 3. The molecule has 3 aromatic rings. The van der Waals surface area contributed by atoms with Crippen molar-refractivity contribution in [3.8, 4) is 21.8 Å². The topological polar surface area (TPSA) is 38.9 Å². The lowest BCUT2D eigenvalue weighted by atomic mass is 10.1. The number of aryl methyl sites for hydroxylation is 2. The van der Waals surface area contributed by atoms with Gasteiger partial charge in [0.05, 0.1) is 5.69 Å². The molecule has 0 bridgehead atoms. The van der Waals surface area contributed by atoms with Crippen LogP contribution >= 0.6 is 11.3 Å². The predicted octanol–water partition coefficient (Wildman–Crippen LogP) is 4.55. The Bertz CT molecular complexity index is 754. The first-order chi connectivity index (χ1) is 10.2.